The van der Waals surface area contributed by atoms with E-state index < -0.39 is 42.4 Å². The summed E-state index contributed by atoms with van der Waals surface area (Å²) < 4.78 is 9.62. The van der Waals surface area contributed by atoms with E-state index >= 15 is 0 Å². The van der Waals surface area contributed by atoms with E-state index in [2.05, 4.69) is 15.4 Å². The molecule has 0 saturated carbocycles. The molecular weight excluding hydrogens is 404 g/mol. The van der Waals surface area contributed by atoms with Gasteiger partial charge in [-0.3, -0.25) is 9.59 Å². The number of methoxy groups -OCH3 is 1. The molecule has 31 heavy (non-hydrogen) atoms. The van der Waals surface area contributed by atoms with Crippen LogP contribution in [0.1, 0.15) is 17.5 Å². The van der Waals surface area contributed by atoms with E-state index in [1.165, 1.54) is 0 Å². The summed E-state index contributed by atoms with van der Waals surface area (Å²) in [4.78, 5) is 47.9. The highest BCUT2D eigenvalue weighted by atomic mass is 16.5. The van der Waals surface area contributed by atoms with Gasteiger partial charge in [0.1, 0.15) is 18.7 Å². The minimum atomic E-state index is -1.50. The van der Waals surface area contributed by atoms with E-state index in [4.69, 9.17) is 4.74 Å². The number of aliphatic carboxylic acids is 1. The van der Waals surface area contributed by atoms with Crippen molar-refractivity contribution in [2.75, 3.05) is 7.11 Å². The van der Waals surface area contributed by atoms with Crippen molar-refractivity contribution >= 4 is 23.9 Å². The van der Waals surface area contributed by atoms with Crippen LogP contribution >= 0.6 is 0 Å². The van der Waals surface area contributed by atoms with Gasteiger partial charge in [0.15, 0.2) is 0 Å². The van der Waals surface area contributed by atoms with Crippen LogP contribution in [0, 0.1) is 0 Å². The second-order valence-corrected chi connectivity index (χ2v) is 6.63. The van der Waals surface area contributed by atoms with E-state index in [-0.39, 0.29) is 13.0 Å². The van der Waals surface area contributed by atoms with Gasteiger partial charge in [-0.25, -0.2) is 9.59 Å². The predicted molar refractivity (Wildman–Crippen MR) is 110 cm³/mol. The normalized spacial score (nSPS) is 12.2. The maximum Gasteiger partial charge on any atom is 0.408 e. The zero-order valence-corrected chi connectivity index (χ0v) is 16.9. The number of alkyl carbamates (subject to hydrolysis) is 1. The number of ether oxygens (including phenoxy) is 2. The van der Waals surface area contributed by atoms with Crippen LogP contribution in [0.3, 0.4) is 0 Å². The van der Waals surface area contributed by atoms with Crippen LogP contribution in [0.25, 0.3) is 0 Å². The summed E-state index contributed by atoms with van der Waals surface area (Å²) in [5, 5.41) is 14.0. The molecule has 2 rings (SSSR count). The Balaban J connectivity index is 2.07. The van der Waals surface area contributed by atoms with E-state index in [1.807, 2.05) is 6.07 Å². The van der Waals surface area contributed by atoms with Crippen LogP contribution in [0.15, 0.2) is 60.7 Å². The molecule has 2 amide bonds. The third kappa shape index (κ3) is 8.17. The van der Waals surface area contributed by atoms with Crippen LogP contribution < -0.4 is 10.6 Å². The Hall–Kier alpha value is -3.88. The summed E-state index contributed by atoms with van der Waals surface area (Å²) in [5.41, 5.74) is 1.51. The van der Waals surface area contributed by atoms with Crippen molar-refractivity contribution in [3.05, 3.63) is 71.8 Å². The maximum atomic E-state index is 12.7. The van der Waals surface area contributed by atoms with Crippen molar-refractivity contribution in [3.63, 3.8) is 0 Å². The molecule has 0 aliphatic heterocycles. The number of hydrogen-bond donors (Lipinski definition) is 3. The van der Waals surface area contributed by atoms with E-state index in [0.717, 1.165) is 18.2 Å². The minimum Gasteiger partial charge on any atom is -0.480 e. The molecule has 0 heterocycles. The van der Waals surface area contributed by atoms with Gasteiger partial charge in [0, 0.05) is 6.42 Å². The molecule has 0 aliphatic carbocycles. The summed E-state index contributed by atoms with van der Waals surface area (Å²) in [6.07, 6.45) is -1.29. The van der Waals surface area contributed by atoms with Crippen molar-refractivity contribution < 1.29 is 33.8 Å². The van der Waals surface area contributed by atoms with Crippen LogP contribution in [-0.4, -0.2) is 48.2 Å². The molecule has 0 aliphatic rings. The topological polar surface area (TPSA) is 131 Å². The number of nitrogens with one attached hydrogen (secondary N) is 2. The van der Waals surface area contributed by atoms with Gasteiger partial charge in [0.2, 0.25) is 5.91 Å². The molecule has 2 aromatic carbocycles. The fourth-order valence-corrected chi connectivity index (χ4v) is 2.69. The van der Waals surface area contributed by atoms with Crippen molar-refractivity contribution in [1.29, 1.82) is 0 Å². The zero-order chi connectivity index (χ0) is 22.6. The Morgan fingerprint density at radius 2 is 1.45 bits per heavy atom. The highest BCUT2D eigenvalue weighted by molar-refractivity contribution is 5.91. The number of amides is 2. The number of carbonyl (C=O) groups excluding carboxylic acids is 3. The van der Waals surface area contributed by atoms with E-state index in [0.29, 0.717) is 0 Å². The molecule has 0 saturated heterocycles. The van der Waals surface area contributed by atoms with Crippen molar-refractivity contribution in [2.24, 2.45) is 0 Å². The average Bonchev–Trinajstić information content (AvgIpc) is 2.78. The van der Waals surface area contributed by atoms with Crippen LogP contribution in [0.5, 0.6) is 0 Å². The molecule has 9 nitrogen and oxygen atoms in total. The van der Waals surface area contributed by atoms with Crippen molar-refractivity contribution in [2.45, 2.75) is 31.5 Å². The Bertz CT molecular complexity index is 887. The first-order valence-electron chi connectivity index (χ1n) is 9.50. The number of carbonyl (C=O) groups is 4. The van der Waals surface area contributed by atoms with Gasteiger partial charge in [0.05, 0.1) is 13.5 Å². The summed E-state index contributed by atoms with van der Waals surface area (Å²) in [7, 11) is 1.12. The largest absolute Gasteiger partial charge is 0.480 e. The third-order valence-corrected chi connectivity index (χ3v) is 4.32. The Kier molecular flexibility index (Phi) is 9.03. The van der Waals surface area contributed by atoms with Crippen molar-refractivity contribution in [3.8, 4) is 0 Å². The van der Waals surface area contributed by atoms with Gasteiger partial charge in [-0.15, -0.1) is 0 Å². The van der Waals surface area contributed by atoms with Gasteiger partial charge in [0.25, 0.3) is 0 Å². The second-order valence-electron chi connectivity index (χ2n) is 6.63. The van der Waals surface area contributed by atoms with Crippen molar-refractivity contribution in [1.82, 2.24) is 10.6 Å². The summed E-state index contributed by atoms with van der Waals surface area (Å²) in [5.74, 6) is -2.96. The van der Waals surface area contributed by atoms with Gasteiger partial charge < -0.3 is 25.2 Å². The molecule has 0 bridgehead atoms. The molecule has 0 radical (unpaired) electrons. The lowest BCUT2D eigenvalue weighted by molar-refractivity contribution is -0.148. The highest BCUT2D eigenvalue weighted by Gasteiger charge is 2.29. The van der Waals surface area contributed by atoms with E-state index in [1.54, 1.807) is 54.6 Å². The number of carboxylic acids is 1. The molecule has 2 atom stereocenters. The van der Waals surface area contributed by atoms with Crippen LogP contribution in [0.4, 0.5) is 4.79 Å². The first kappa shape index (κ1) is 23.4. The summed E-state index contributed by atoms with van der Waals surface area (Å²) >= 11 is 0. The molecule has 2 aromatic rings. The number of benzene rings is 2. The van der Waals surface area contributed by atoms with Gasteiger partial charge in [-0.05, 0) is 11.1 Å². The quantitative estimate of drug-likeness (QED) is 0.491. The first-order chi connectivity index (χ1) is 14.9. The van der Waals surface area contributed by atoms with Crippen LogP contribution in [-0.2, 0) is 36.9 Å². The first-order valence-corrected chi connectivity index (χ1v) is 9.50. The number of rotatable bonds is 10. The minimum absolute atomic E-state index is 0.00639. The lowest BCUT2D eigenvalue weighted by Gasteiger charge is -2.21. The van der Waals surface area contributed by atoms with Gasteiger partial charge in [-0.2, -0.15) is 0 Å². The lowest BCUT2D eigenvalue weighted by Crippen LogP contribution is -2.53. The SMILES string of the molecule is COC(=O)CC(NC(=O)C(Cc1ccccc1)NC(=O)OCc1ccccc1)C(=O)O. The monoisotopic (exact) mass is 428 g/mol. The highest BCUT2D eigenvalue weighted by Crippen LogP contribution is 2.06. The predicted octanol–water partition coefficient (Wildman–Crippen LogP) is 1.66. The van der Waals surface area contributed by atoms with Gasteiger partial charge in [-0.1, -0.05) is 60.7 Å². The number of carboxylic acid groups (broad SMARTS) is 1. The number of esters is 1. The fourth-order valence-electron chi connectivity index (χ4n) is 2.69. The zero-order valence-electron chi connectivity index (χ0n) is 16.9. The second kappa shape index (κ2) is 12.0. The molecule has 3 N–H and O–H groups in total. The molecule has 0 aromatic heterocycles. The van der Waals surface area contributed by atoms with Gasteiger partial charge >= 0.3 is 18.0 Å². The molecular formula is C22H24N2O7. The Morgan fingerprint density at radius 3 is 2.00 bits per heavy atom. The summed E-state index contributed by atoms with van der Waals surface area (Å²) in [6, 6.07) is 15.3. The Morgan fingerprint density at radius 1 is 0.871 bits per heavy atom. The third-order valence-electron chi connectivity index (χ3n) is 4.32. The Labute approximate surface area is 179 Å². The average molecular weight is 428 g/mol. The molecule has 0 fully saturated rings. The fraction of sp³-hybridized carbons (Fsp3) is 0.273. The molecule has 9 heteroatoms. The standard InChI is InChI=1S/C22H24N2O7/c1-30-19(25)13-18(21(27)28)23-20(26)17(12-15-8-4-2-5-9-15)24-22(29)31-14-16-10-6-3-7-11-16/h2-11,17-18H,12-14H2,1H3,(H,23,26)(H,24,29)(H,27,28). The van der Waals surface area contributed by atoms with Crippen LogP contribution in [0.2, 0.25) is 0 Å². The summed E-state index contributed by atoms with van der Waals surface area (Å²) in [6.45, 7) is 0.00639. The molecule has 2 unspecified atom stereocenters. The smallest absolute Gasteiger partial charge is 0.408 e. The number of hydrogen-bond acceptors (Lipinski definition) is 6. The molecule has 0 spiro atoms. The maximum absolute atomic E-state index is 12.7. The molecule has 164 valence electrons. The van der Waals surface area contributed by atoms with E-state index in [9.17, 15) is 24.3 Å². The lowest BCUT2D eigenvalue weighted by atomic mass is 10.0.